The van der Waals surface area contributed by atoms with Crippen molar-refractivity contribution in [1.82, 2.24) is 9.88 Å². The Morgan fingerprint density at radius 3 is 2.48 bits per heavy atom. The molecule has 11 heteroatoms. The van der Waals surface area contributed by atoms with Gasteiger partial charge in [0.15, 0.2) is 17.4 Å². The number of aliphatic carboxylic acids is 1. The maximum Gasteiger partial charge on any atom is 0.303 e. The van der Waals surface area contributed by atoms with Crippen molar-refractivity contribution in [2.45, 2.75) is 44.9 Å². The first-order valence-electron chi connectivity index (χ1n) is 13.1. The van der Waals surface area contributed by atoms with Crippen molar-refractivity contribution in [2.75, 3.05) is 33.4 Å². The predicted octanol–water partition coefficient (Wildman–Crippen LogP) is 5.58. The minimum absolute atomic E-state index is 0.0330. The van der Waals surface area contributed by atoms with E-state index in [1.165, 1.54) is 13.3 Å². The van der Waals surface area contributed by atoms with Gasteiger partial charge in [0.2, 0.25) is 0 Å². The molecule has 1 aliphatic rings. The fourth-order valence-electron chi connectivity index (χ4n) is 5.48. The Balaban J connectivity index is 1.41. The summed E-state index contributed by atoms with van der Waals surface area (Å²) in [6, 6.07) is 6.27. The van der Waals surface area contributed by atoms with Crippen LogP contribution in [0.2, 0.25) is 0 Å². The molecule has 1 atom stereocenters. The Labute approximate surface area is 229 Å². The van der Waals surface area contributed by atoms with Gasteiger partial charge in [-0.1, -0.05) is 0 Å². The van der Waals surface area contributed by atoms with E-state index in [0.717, 1.165) is 0 Å². The maximum absolute atomic E-state index is 13.9. The second-order valence-electron chi connectivity index (χ2n) is 10.2. The Hall–Kier alpha value is -3.44. The molecule has 1 aromatic heterocycles. The van der Waals surface area contributed by atoms with Gasteiger partial charge in [-0.3, -0.25) is 14.7 Å². The quantitative estimate of drug-likeness (QED) is 0.278. The molecule has 0 unspecified atom stereocenters. The number of carboxylic acid groups (broad SMARTS) is 1. The molecule has 40 heavy (non-hydrogen) atoms. The SMILES string of the molecule is COc1ccc2ncc(CF)c([C@H](O)CCC3(CC(=O)O)CCN(CCOc4c(F)cc(F)cc4F)CC3)c2c1. The Kier molecular flexibility index (Phi) is 9.47. The number of carbonyl (C=O) groups is 1. The minimum atomic E-state index is -1.12. The summed E-state index contributed by atoms with van der Waals surface area (Å²) in [7, 11) is 1.51. The summed E-state index contributed by atoms with van der Waals surface area (Å²) in [5.74, 6) is -4.31. The standard InChI is InChI=1S/C29H32F4N2O5/c1-39-20-2-3-24-21(14-20)27(18(16-30)17-34-24)25(36)4-5-29(15-26(37)38)6-8-35(9-7-29)10-11-40-28-22(32)12-19(31)13-23(28)33/h2-3,12-14,17,25,36H,4-11,15-16H2,1H3,(H,37,38)/t25-/m1/s1. The van der Waals surface area contributed by atoms with E-state index in [9.17, 15) is 32.6 Å². The number of hydrogen-bond donors (Lipinski definition) is 2. The molecule has 0 spiro atoms. The lowest BCUT2D eigenvalue weighted by molar-refractivity contribution is -0.141. The number of hydrogen-bond acceptors (Lipinski definition) is 6. The summed E-state index contributed by atoms with van der Waals surface area (Å²) < 4.78 is 65.1. The average molecular weight is 565 g/mol. The number of fused-ring (bicyclic) bond motifs is 1. The molecule has 1 saturated heterocycles. The number of aliphatic hydroxyl groups excluding tert-OH is 1. The topological polar surface area (TPSA) is 92.1 Å². The molecule has 1 fully saturated rings. The number of pyridine rings is 1. The van der Waals surface area contributed by atoms with Gasteiger partial charge in [0, 0.05) is 35.8 Å². The van der Waals surface area contributed by atoms with Crippen molar-refractivity contribution >= 4 is 16.9 Å². The third kappa shape index (κ3) is 6.82. The summed E-state index contributed by atoms with van der Waals surface area (Å²) in [6.45, 7) is 0.537. The second kappa shape index (κ2) is 12.8. The molecule has 7 nitrogen and oxygen atoms in total. The first-order chi connectivity index (χ1) is 19.1. The van der Waals surface area contributed by atoms with Crippen molar-refractivity contribution in [2.24, 2.45) is 5.41 Å². The van der Waals surface area contributed by atoms with Crippen molar-refractivity contribution < 1.29 is 42.0 Å². The van der Waals surface area contributed by atoms with E-state index < -0.39 is 47.4 Å². The molecular formula is C29H32F4N2O5. The van der Waals surface area contributed by atoms with E-state index in [4.69, 9.17) is 9.47 Å². The Bertz CT molecular complexity index is 1320. The molecule has 3 aromatic rings. The number of aliphatic hydroxyl groups is 1. The Morgan fingerprint density at radius 1 is 1.15 bits per heavy atom. The molecule has 0 aliphatic carbocycles. The molecule has 2 N–H and O–H groups in total. The molecule has 1 aliphatic heterocycles. The van der Waals surface area contributed by atoms with Crippen molar-refractivity contribution in [3.63, 3.8) is 0 Å². The highest BCUT2D eigenvalue weighted by Gasteiger charge is 2.37. The molecule has 4 rings (SSSR count). The van der Waals surface area contributed by atoms with Gasteiger partial charge in [-0.2, -0.15) is 0 Å². The van der Waals surface area contributed by atoms with E-state index in [1.807, 2.05) is 4.90 Å². The Morgan fingerprint density at radius 2 is 1.85 bits per heavy atom. The van der Waals surface area contributed by atoms with Crippen LogP contribution in [0, 0.1) is 22.9 Å². The lowest BCUT2D eigenvalue weighted by Gasteiger charge is -2.41. The fraction of sp³-hybridized carbons (Fsp3) is 0.448. The summed E-state index contributed by atoms with van der Waals surface area (Å²) in [4.78, 5) is 18.0. The third-order valence-corrected chi connectivity index (χ3v) is 7.68. The van der Waals surface area contributed by atoms with E-state index in [0.29, 0.717) is 73.2 Å². The largest absolute Gasteiger partial charge is 0.497 e. The van der Waals surface area contributed by atoms with E-state index >= 15 is 0 Å². The van der Waals surface area contributed by atoms with Crippen LogP contribution in [-0.2, 0) is 11.5 Å². The van der Waals surface area contributed by atoms with Crippen LogP contribution in [0.3, 0.4) is 0 Å². The molecular weight excluding hydrogens is 532 g/mol. The van der Waals surface area contributed by atoms with Gasteiger partial charge < -0.3 is 19.7 Å². The minimum Gasteiger partial charge on any atom is -0.497 e. The summed E-state index contributed by atoms with van der Waals surface area (Å²) in [6.07, 6.45) is 1.94. The van der Waals surface area contributed by atoms with Crippen molar-refractivity contribution in [3.05, 3.63) is 65.1 Å². The molecule has 0 saturated carbocycles. The number of halogens is 4. The summed E-state index contributed by atoms with van der Waals surface area (Å²) >= 11 is 0. The highest BCUT2D eigenvalue weighted by Crippen LogP contribution is 2.42. The zero-order valence-corrected chi connectivity index (χ0v) is 22.1. The molecule has 216 valence electrons. The fourth-order valence-corrected chi connectivity index (χ4v) is 5.48. The monoisotopic (exact) mass is 564 g/mol. The zero-order chi connectivity index (χ0) is 28.9. The molecule has 2 heterocycles. The summed E-state index contributed by atoms with van der Waals surface area (Å²) in [5, 5.41) is 21.4. The highest BCUT2D eigenvalue weighted by atomic mass is 19.1. The third-order valence-electron chi connectivity index (χ3n) is 7.68. The predicted molar refractivity (Wildman–Crippen MR) is 139 cm³/mol. The lowest BCUT2D eigenvalue weighted by atomic mass is 9.71. The highest BCUT2D eigenvalue weighted by molar-refractivity contribution is 5.85. The summed E-state index contributed by atoms with van der Waals surface area (Å²) in [5.41, 5.74) is 0.690. The van der Waals surface area contributed by atoms with Gasteiger partial charge in [-0.05, 0) is 68.0 Å². The van der Waals surface area contributed by atoms with Crippen LogP contribution < -0.4 is 9.47 Å². The number of benzene rings is 2. The number of piperidine rings is 1. The van der Waals surface area contributed by atoms with E-state index in [-0.39, 0.29) is 25.0 Å². The van der Waals surface area contributed by atoms with Gasteiger partial charge in [0.05, 0.1) is 25.2 Å². The number of likely N-dealkylation sites (tertiary alicyclic amines) is 1. The van der Waals surface area contributed by atoms with E-state index in [2.05, 4.69) is 4.98 Å². The number of nitrogens with zero attached hydrogens (tertiary/aromatic N) is 2. The number of rotatable bonds is 12. The van der Waals surface area contributed by atoms with Crippen LogP contribution in [0.1, 0.15) is 49.3 Å². The second-order valence-corrected chi connectivity index (χ2v) is 10.2. The molecule has 0 radical (unpaired) electrons. The maximum atomic E-state index is 13.9. The van der Waals surface area contributed by atoms with Crippen molar-refractivity contribution in [3.8, 4) is 11.5 Å². The number of aromatic nitrogens is 1. The number of carboxylic acids is 1. The van der Waals surface area contributed by atoms with Crippen LogP contribution in [-0.4, -0.2) is 59.4 Å². The lowest BCUT2D eigenvalue weighted by Crippen LogP contribution is -2.42. The molecule has 2 aromatic carbocycles. The van der Waals surface area contributed by atoms with Gasteiger partial charge in [-0.25, -0.2) is 17.6 Å². The van der Waals surface area contributed by atoms with Crippen LogP contribution in [0.25, 0.3) is 10.9 Å². The van der Waals surface area contributed by atoms with Crippen LogP contribution >= 0.6 is 0 Å². The van der Waals surface area contributed by atoms with Crippen molar-refractivity contribution in [1.29, 1.82) is 0 Å². The number of methoxy groups -OCH3 is 1. The van der Waals surface area contributed by atoms with Gasteiger partial charge in [0.1, 0.15) is 24.8 Å². The number of alkyl halides is 1. The normalized spacial score (nSPS) is 16.1. The van der Waals surface area contributed by atoms with Crippen LogP contribution in [0.4, 0.5) is 17.6 Å². The number of ether oxygens (including phenoxy) is 2. The molecule has 0 amide bonds. The van der Waals surface area contributed by atoms with Gasteiger partial charge in [-0.15, -0.1) is 0 Å². The van der Waals surface area contributed by atoms with Crippen LogP contribution in [0.15, 0.2) is 36.5 Å². The first kappa shape index (κ1) is 29.5. The van der Waals surface area contributed by atoms with Crippen LogP contribution in [0.5, 0.6) is 11.5 Å². The smallest absolute Gasteiger partial charge is 0.303 e. The average Bonchev–Trinajstić information content (AvgIpc) is 2.92. The van der Waals surface area contributed by atoms with Gasteiger partial charge in [0.25, 0.3) is 0 Å². The molecule has 0 bridgehead atoms. The van der Waals surface area contributed by atoms with E-state index in [1.54, 1.807) is 18.2 Å². The zero-order valence-electron chi connectivity index (χ0n) is 22.1. The van der Waals surface area contributed by atoms with Gasteiger partial charge >= 0.3 is 5.97 Å². The first-order valence-corrected chi connectivity index (χ1v) is 13.1.